The van der Waals surface area contributed by atoms with E-state index in [1.807, 2.05) is 0 Å². The zero-order chi connectivity index (χ0) is 20.9. The Balaban J connectivity index is 1.98. The van der Waals surface area contributed by atoms with Crippen molar-refractivity contribution in [3.63, 3.8) is 0 Å². The number of aromatic nitrogens is 1. The molecular weight excluding hydrogens is 392 g/mol. The summed E-state index contributed by atoms with van der Waals surface area (Å²) in [4.78, 5) is 12.7. The molecule has 2 aromatic rings. The van der Waals surface area contributed by atoms with Crippen LogP contribution in [0.3, 0.4) is 0 Å². The maximum Gasteiger partial charge on any atom is 0.272 e. The van der Waals surface area contributed by atoms with E-state index in [2.05, 4.69) is 10.0 Å². The molecule has 1 aromatic heterocycles. The number of aryl methyl sites for hydroxylation is 1. The zero-order valence-electron chi connectivity index (χ0n) is 15.6. The highest BCUT2D eigenvalue weighted by Gasteiger charge is 2.37. The van der Waals surface area contributed by atoms with E-state index in [-0.39, 0.29) is 29.1 Å². The summed E-state index contributed by atoms with van der Waals surface area (Å²) >= 11 is 0. The van der Waals surface area contributed by atoms with Gasteiger partial charge in [-0.1, -0.05) is 0 Å². The number of nitrogens with one attached hydrogen (secondary N) is 2. The minimum Gasteiger partial charge on any atom is -0.389 e. The molecule has 0 saturated carbocycles. The van der Waals surface area contributed by atoms with Crippen LogP contribution >= 0.6 is 0 Å². The SMILES string of the molecule is Cn1cc2c(c1C(=O)Nc1ccc(F)c(F)c1)CC[C@H](C(C)(C)O)NS2(=O)=O. The number of halogens is 2. The Hall–Kier alpha value is -2.30. The van der Waals surface area contributed by atoms with E-state index in [4.69, 9.17) is 0 Å². The molecule has 0 radical (unpaired) electrons. The summed E-state index contributed by atoms with van der Waals surface area (Å²) in [6.45, 7) is 3.01. The van der Waals surface area contributed by atoms with E-state index in [1.165, 1.54) is 37.7 Å². The molecule has 2 heterocycles. The predicted octanol–water partition coefficient (Wildman–Crippen LogP) is 1.92. The molecule has 0 unspecified atom stereocenters. The van der Waals surface area contributed by atoms with E-state index < -0.39 is 39.2 Å². The van der Waals surface area contributed by atoms with Gasteiger partial charge in [0, 0.05) is 30.6 Å². The summed E-state index contributed by atoms with van der Waals surface area (Å²) in [5.41, 5.74) is -0.835. The van der Waals surface area contributed by atoms with Crippen molar-refractivity contribution in [2.75, 3.05) is 5.32 Å². The lowest BCUT2D eigenvalue weighted by Gasteiger charge is -2.28. The number of hydrogen-bond acceptors (Lipinski definition) is 4. The van der Waals surface area contributed by atoms with Crippen molar-refractivity contribution in [3.05, 3.63) is 47.3 Å². The van der Waals surface area contributed by atoms with E-state index >= 15 is 0 Å². The van der Waals surface area contributed by atoms with Crippen molar-refractivity contribution < 1.29 is 27.1 Å². The molecule has 0 spiro atoms. The molecule has 3 N–H and O–H groups in total. The number of sulfonamides is 1. The molecule has 152 valence electrons. The lowest BCUT2D eigenvalue weighted by atomic mass is 9.93. The Morgan fingerprint density at radius 1 is 1.32 bits per heavy atom. The smallest absolute Gasteiger partial charge is 0.272 e. The molecule has 1 atom stereocenters. The maximum atomic E-state index is 13.4. The molecule has 0 saturated heterocycles. The van der Waals surface area contributed by atoms with Gasteiger partial charge < -0.3 is 15.0 Å². The summed E-state index contributed by atoms with van der Waals surface area (Å²) in [5, 5.41) is 12.7. The van der Waals surface area contributed by atoms with Gasteiger partial charge in [0.2, 0.25) is 10.0 Å². The highest BCUT2D eigenvalue weighted by atomic mass is 32.2. The number of fused-ring (bicyclic) bond motifs is 1. The number of rotatable bonds is 3. The van der Waals surface area contributed by atoms with Crippen LogP contribution in [0.15, 0.2) is 29.3 Å². The van der Waals surface area contributed by atoms with Gasteiger partial charge in [0.25, 0.3) is 5.91 Å². The van der Waals surface area contributed by atoms with Crippen LogP contribution in [0.1, 0.15) is 36.3 Å². The average Bonchev–Trinajstić information content (AvgIpc) is 2.84. The minimum atomic E-state index is -3.95. The van der Waals surface area contributed by atoms with Gasteiger partial charge in [-0.3, -0.25) is 4.79 Å². The van der Waals surface area contributed by atoms with Crippen LogP contribution in [0.25, 0.3) is 0 Å². The quantitative estimate of drug-likeness (QED) is 0.716. The molecule has 10 heteroatoms. The van der Waals surface area contributed by atoms with Crippen molar-refractivity contribution in [2.24, 2.45) is 7.05 Å². The molecule has 1 aromatic carbocycles. The van der Waals surface area contributed by atoms with Crippen molar-refractivity contribution in [1.82, 2.24) is 9.29 Å². The monoisotopic (exact) mass is 413 g/mol. The van der Waals surface area contributed by atoms with Crippen LogP contribution in [0.4, 0.5) is 14.5 Å². The second-order valence-corrected chi connectivity index (χ2v) is 9.06. The van der Waals surface area contributed by atoms with Crippen LogP contribution < -0.4 is 10.0 Å². The Morgan fingerprint density at radius 3 is 2.61 bits per heavy atom. The summed E-state index contributed by atoms with van der Waals surface area (Å²) < 4.78 is 55.8. The largest absolute Gasteiger partial charge is 0.389 e. The second-order valence-electron chi connectivity index (χ2n) is 7.38. The topological polar surface area (TPSA) is 100 Å². The molecule has 0 bridgehead atoms. The molecule has 1 amide bonds. The third-order valence-corrected chi connectivity index (χ3v) is 6.29. The van der Waals surface area contributed by atoms with E-state index in [0.717, 1.165) is 12.1 Å². The van der Waals surface area contributed by atoms with Crippen LogP contribution in [0.2, 0.25) is 0 Å². The highest BCUT2D eigenvalue weighted by molar-refractivity contribution is 7.89. The van der Waals surface area contributed by atoms with E-state index in [9.17, 15) is 27.1 Å². The molecule has 0 aliphatic carbocycles. The number of carbonyl (C=O) groups excluding carboxylic acids is 1. The molecule has 1 aliphatic heterocycles. The van der Waals surface area contributed by atoms with Gasteiger partial charge in [0.15, 0.2) is 11.6 Å². The Morgan fingerprint density at radius 2 is 2.00 bits per heavy atom. The van der Waals surface area contributed by atoms with Gasteiger partial charge in [0.05, 0.1) is 11.6 Å². The maximum absolute atomic E-state index is 13.4. The fraction of sp³-hybridized carbons (Fsp3) is 0.389. The molecule has 0 fully saturated rings. The van der Waals surface area contributed by atoms with Crippen LogP contribution in [0, 0.1) is 11.6 Å². The zero-order valence-corrected chi connectivity index (χ0v) is 16.4. The molecule has 3 rings (SSSR count). The van der Waals surface area contributed by atoms with Crippen molar-refractivity contribution in [2.45, 2.75) is 43.2 Å². The van der Waals surface area contributed by atoms with Crippen LogP contribution in [-0.4, -0.2) is 35.6 Å². The first-order chi connectivity index (χ1) is 12.9. The molecule has 28 heavy (non-hydrogen) atoms. The Labute approximate surface area is 161 Å². The molecular formula is C18H21F2N3O4S. The van der Waals surface area contributed by atoms with Crippen LogP contribution in [-0.2, 0) is 23.5 Å². The molecule has 7 nitrogen and oxygen atoms in total. The number of nitrogens with zero attached hydrogens (tertiary/aromatic N) is 1. The number of amides is 1. The third kappa shape index (κ3) is 3.80. The van der Waals surface area contributed by atoms with Crippen molar-refractivity contribution in [3.8, 4) is 0 Å². The van der Waals surface area contributed by atoms with Gasteiger partial charge in [0.1, 0.15) is 10.6 Å². The lowest BCUT2D eigenvalue weighted by Crippen LogP contribution is -2.48. The van der Waals surface area contributed by atoms with Crippen LogP contribution in [0.5, 0.6) is 0 Å². The number of benzene rings is 1. The third-order valence-electron chi connectivity index (χ3n) is 4.76. The highest BCUT2D eigenvalue weighted by Crippen LogP contribution is 2.30. The normalized spacial score (nSPS) is 19.0. The fourth-order valence-electron chi connectivity index (χ4n) is 3.28. The first-order valence-corrected chi connectivity index (χ1v) is 10.1. The van der Waals surface area contributed by atoms with Crippen molar-refractivity contribution in [1.29, 1.82) is 0 Å². The minimum absolute atomic E-state index is 0.0443. The Bertz CT molecular complexity index is 1040. The fourth-order valence-corrected chi connectivity index (χ4v) is 5.01. The van der Waals surface area contributed by atoms with E-state index in [0.29, 0.717) is 5.56 Å². The lowest BCUT2D eigenvalue weighted by molar-refractivity contribution is 0.0434. The van der Waals surface area contributed by atoms with Gasteiger partial charge >= 0.3 is 0 Å². The first-order valence-electron chi connectivity index (χ1n) is 8.59. The number of aliphatic hydroxyl groups is 1. The van der Waals surface area contributed by atoms with Gasteiger partial charge in [-0.25, -0.2) is 21.9 Å². The number of anilines is 1. The summed E-state index contributed by atoms with van der Waals surface area (Å²) in [6, 6.07) is 2.22. The first kappa shape index (κ1) is 20.4. The number of hydrogen-bond donors (Lipinski definition) is 3. The van der Waals surface area contributed by atoms with Gasteiger partial charge in [-0.2, -0.15) is 0 Å². The second kappa shape index (κ2) is 6.94. The summed E-state index contributed by atoms with van der Waals surface area (Å²) in [6.07, 6.45) is 1.84. The summed E-state index contributed by atoms with van der Waals surface area (Å²) in [5.74, 6) is -2.80. The molecule has 1 aliphatic rings. The number of carbonyl (C=O) groups is 1. The van der Waals surface area contributed by atoms with Crippen molar-refractivity contribution >= 4 is 21.6 Å². The van der Waals surface area contributed by atoms with Gasteiger partial charge in [-0.05, 0) is 38.8 Å². The summed E-state index contributed by atoms with van der Waals surface area (Å²) in [7, 11) is -2.43. The van der Waals surface area contributed by atoms with E-state index in [1.54, 1.807) is 0 Å². The van der Waals surface area contributed by atoms with Gasteiger partial charge in [-0.15, -0.1) is 0 Å². The average molecular weight is 413 g/mol. The standard InChI is InChI=1S/C18H21F2N3O4S/c1-18(2,25)15-7-5-11-14(28(26,27)22-15)9-23(3)16(11)17(24)21-10-4-6-12(19)13(20)8-10/h4,6,8-9,15,22,25H,5,7H2,1-3H3,(H,21,24)/t15-/m1/s1. The Kier molecular flexibility index (Phi) is 5.07. The predicted molar refractivity (Wildman–Crippen MR) is 98.5 cm³/mol.